The zero-order chi connectivity index (χ0) is 13.9. The third-order valence-corrected chi connectivity index (χ3v) is 3.87. The zero-order valence-corrected chi connectivity index (χ0v) is 11.9. The second kappa shape index (κ2) is 5.47. The lowest BCUT2D eigenvalue weighted by Gasteiger charge is -2.18. The third kappa shape index (κ3) is 4.12. The van der Waals surface area contributed by atoms with Gasteiger partial charge in [0.2, 0.25) is 0 Å². The van der Waals surface area contributed by atoms with Crippen LogP contribution in [0, 0.1) is 13.8 Å². The maximum atomic E-state index is 12.3. The average Bonchev–Trinajstić information content (AvgIpc) is 2.34. The topological polar surface area (TPSA) is 67.1 Å². The van der Waals surface area contributed by atoms with E-state index in [0.29, 0.717) is 0 Å². The molecular formula is C14H18N3OP. The van der Waals surface area contributed by atoms with Crippen LogP contribution in [0.5, 0.6) is 0 Å². The molecule has 0 heterocycles. The zero-order valence-electron chi connectivity index (χ0n) is 11.1. The maximum absolute atomic E-state index is 12.3. The number of nitrogens with one attached hydrogen (secondary N) is 2. The van der Waals surface area contributed by atoms with Gasteiger partial charge in [0.15, 0.2) is 0 Å². The summed E-state index contributed by atoms with van der Waals surface area (Å²) < 4.78 is 12.3. The van der Waals surface area contributed by atoms with Gasteiger partial charge in [-0.25, -0.2) is 5.50 Å². The Hall–Kier alpha value is -1.77. The van der Waals surface area contributed by atoms with Crippen molar-refractivity contribution in [2.24, 2.45) is 5.50 Å². The van der Waals surface area contributed by atoms with Gasteiger partial charge in [-0.2, -0.15) is 0 Å². The van der Waals surface area contributed by atoms with Crippen LogP contribution in [-0.4, -0.2) is 0 Å². The second-order valence-electron chi connectivity index (χ2n) is 4.61. The Morgan fingerprint density at radius 2 is 1.11 bits per heavy atom. The molecule has 0 spiro atoms. The third-order valence-electron chi connectivity index (χ3n) is 2.69. The fraction of sp³-hybridized carbons (Fsp3) is 0.143. The van der Waals surface area contributed by atoms with Crippen molar-refractivity contribution in [1.82, 2.24) is 0 Å². The number of anilines is 2. The van der Waals surface area contributed by atoms with Crippen molar-refractivity contribution in [3.63, 3.8) is 0 Å². The first-order valence-corrected chi connectivity index (χ1v) is 7.81. The Morgan fingerprint density at radius 1 is 0.789 bits per heavy atom. The normalized spacial score (nSPS) is 11.1. The summed E-state index contributed by atoms with van der Waals surface area (Å²) in [6.45, 7) is 3.99. The molecule has 0 atom stereocenters. The van der Waals surface area contributed by atoms with Gasteiger partial charge in [-0.3, -0.25) is 4.57 Å². The van der Waals surface area contributed by atoms with Crippen molar-refractivity contribution >= 4 is 19.0 Å². The van der Waals surface area contributed by atoms with Crippen molar-refractivity contribution < 1.29 is 4.57 Å². The molecule has 2 rings (SSSR count). The molecule has 4 N–H and O–H groups in total. The molecule has 0 aromatic heterocycles. The quantitative estimate of drug-likeness (QED) is 0.740. The second-order valence-corrected chi connectivity index (χ2v) is 6.38. The van der Waals surface area contributed by atoms with E-state index in [1.54, 1.807) is 0 Å². The molecule has 0 aliphatic carbocycles. The fourth-order valence-corrected chi connectivity index (χ4v) is 2.79. The van der Waals surface area contributed by atoms with Crippen LogP contribution in [0.25, 0.3) is 0 Å². The van der Waals surface area contributed by atoms with Gasteiger partial charge in [0.25, 0.3) is 0 Å². The van der Waals surface area contributed by atoms with Crippen LogP contribution in [0.4, 0.5) is 11.4 Å². The Morgan fingerprint density at radius 3 is 1.42 bits per heavy atom. The highest BCUT2D eigenvalue weighted by molar-refractivity contribution is 7.64. The Kier molecular flexibility index (Phi) is 3.93. The van der Waals surface area contributed by atoms with Crippen molar-refractivity contribution in [2.45, 2.75) is 13.8 Å². The summed E-state index contributed by atoms with van der Waals surface area (Å²) in [5.74, 6) is 0. The van der Waals surface area contributed by atoms with Gasteiger partial charge < -0.3 is 10.2 Å². The molecular weight excluding hydrogens is 257 g/mol. The maximum Gasteiger partial charge on any atom is 0.325 e. The fourth-order valence-electron chi connectivity index (χ4n) is 1.67. The molecule has 0 fully saturated rings. The molecule has 0 amide bonds. The van der Waals surface area contributed by atoms with E-state index in [2.05, 4.69) is 10.2 Å². The largest absolute Gasteiger partial charge is 0.325 e. The number of benzene rings is 2. The summed E-state index contributed by atoms with van der Waals surface area (Å²) in [6.07, 6.45) is 0. The van der Waals surface area contributed by atoms with E-state index in [9.17, 15) is 4.57 Å². The molecule has 4 nitrogen and oxygen atoms in total. The van der Waals surface area contributed by atoms with E-state index in [0.717, 1.165) is 22.5 Å². The molecule has 0 unspecified atom stereocenters. The summed E-state index contributed by atoms with van der Waals surface area (Å²) in [5.41, 5.74) is 9.54. The minimum Gasteiger partial charge on any atom is -0.309 e. The smallest absolute Gasteiger partial charge is 0.309 e. The van der Waals surface area contributed by atoms with Crippen molar-refractivity contribution in [3.8, 4) is 0 Å². The minimum atomic E-state index is -3.17. The van der Waals surface area contributed by atoms with E-state index < -0.39 is 7.59 Å². The number of aryl methyl sites for hydroxylation is 2. The van der Waals surface area contributed by atoms with Gasteiger partial charge in [-0.05, 0) is 38.1 Å². The molecule has 0 saturated carbocycles. The standard InChI is InChI=1S/C14H18N3OP/c1-11-3-7-13(8-4-11)16-19(15,18)17-14-9-5-12(2)6-10-14/h3-10H,1-2H3,(H4,15,16,17,18). The summed E-state index contributed by atoms with van der Waals surface area (Å²) in [6, 6.07) is 15.2. The van der Waals surface area contributed by atoms with Gasteiger partial charge in [-0.15, -0.1) is 0 Å². The molecule has 0 radical (unpaired) electrons. The monoisotopic (exact) mass is 275 g/mol. The molecule has 0 aliphatic heterocycles. The predicted molar refractivity (Wildman–Crippen MR) is 81.4 cm³/mol. The Labute approximate surface area is 113 Å². The summed E-state index contributed by atoms with van der Waals surface area (Å²) in [4.78, 5) is 0. The SMILES string of the molecule is Cc1ccc(NP(N)(=O)Nc2ccc(C)cc2)cc1. The van der Waals surface area contributed by atoms with Gasteiger partial charge in [0.05, 0.1) is 0 Å². The van der Waals surface area contributed by atoms with Crippen LogP contribution in [0.3, 0.4) is 0 Å². The highest BCUT2D eigenvalue weighted by Crippen LogP contribution is 2.37. The first-order valence-electron chi connectivity index (χ1n) is 6.03. The molecule has 2 aromatic rings. The molecule has 100 valence electrons. The highest BCUT2D eigenvalue weighted by Gasteiger charge is 2.15. The molecule has 0 aliphatic rings. The molecule has 2 aromatic carbocycles. The summed E-state index contributed by atoms with van der Waals surface area (Å²) in [7, 11) is -3.17. The first-order chi connectivity index (χ1) is 8.94. The predicted octanol–water partition coefficient (Wildman–Crippen LogP) is 3.89. The summed E-state index contributed by atoms with van der Waals surface area (Å²) >= 11 is 0. The molecule has 0 bridgehead atoms. The molecule has 0 saturated heterocycles. The van der Waals surface area contributed by atoms with Crippen molar-refractivity contribution in [1.29, 1.82) is 0 Å². The van der Waals surface area contributed by atoms with Crippen LogP contribution in [-0.2, 0) is 4.57 Å². The van der Waals surface area contributed by atoms with Crippen molar-refractivity contribution in [3.05, 3.63) is 59.7 Å². The van der Waals surface area contributed by atoms with Crippen LogP contribution < -0.4 is 15.7 Å². The Bertz CT molecular complexity index is 542. The van der Waals surface area contributed by atoms with E-state index in [-0.39, 0.29) is 0 Å². The van der Waals surface area contributed by atoms with E-state index in [1.807, 2.05) is 62.4 Å². The van der Waals surface area contributed by atoms with E-state index in [4.69, 9.17) is 5.50 Å². The lowest BCUT2D eigenvalue weighted by atomic mass is 10.2. The van der Waals surface area contributed by atoms with Gasteiger partial charge in [-0.1, -0.05) is 35.4 Å². The van der Waals surface area contributed by atoms with Gasteiger partial charge in [0.1, 0.15) is 0 Å². The highest BCUT2D eigenvalue weighted by atomic mass is 31.2. The lowest BCUT2D eigenvalue weighted by molar-refractivity contribution is 0.582. The van der Waals surface area contributed by atoms with Gasteiger partial charge in [0, 0.05) is 11.4 Å². The first kappa shape index (κ1) is 13.7. The number of hydrogen-bond acceptors (Lipinski definition) is 1. The average molecular weight is 275 g/mol. The van der Waals surface area contributed by atoms with Crippen LogP contribution in [0.1, 0.15) is 11.1 Å². The van der Waals surface area contributed by atoms with Crippen LogP contribution >= 0.6 is 7.59 Å². The van der Waals surface area contributed by atoms with Crippen molar-refractivity contribution in [2.75, 3.05) is 10.2 Å². The van der Waals surface area contributed by atoms with E-state index >= 15 is 0 Å². The van der Waals surface area contributed by atoms with Crippen LogP contribution in [0.2, 0.25) is 0 Å². The number of hydrogen-bond donors (Lipinski definition) is 3. The van der Waals surface area contributed by atoms with Gasteiger partial charge >= 0.3 is 7.59 Å². The Balaban J connectivity index is 2.08. The van der Waals surface area contributed by atoms with E-state index in [1.165, 1.54) is 0 Å². The minimum absolute atomic E-state index is 0.732. The lowest BCUT2D eigenvalue weighted by Crippen LogP contribution is -2.13. The number of rotatable bonds is 4. The molecule has 5 heteroatoms. The summed E-state index contributed by atoms with van der Waals surface area (Å²) in [5, 5.41) is 5.66. The number of nitrogens with two attached hydrogens (primary N) is 1. The molecule has 19 heavy (non-hydrogen) atoms. The van der Waals surface area contributed by atoms with Crippen LogP contribution in [0.15, 0.2) is 48.5 Å².